The zero-order chi connectivity index (χ0) is 13.8. The van der Waals surface area contributed by atoms with Crippen molar-refractivity contribution in [1.29, 1.82) is 0 Å². The number of hydrogen-bond donors (Lipinski definition) is 1. The molecule has 0 aliphatic heterocycles. The third kappa shape index (κ3) is 322. The molecule has 0 rings (SSSR count). The molecule has 0 atom stereocenters. The molecule has 0 aliphatic carbocycles. The van der Waals surface area contributed by atoms with Gasteiger partial charge >= 0.3 is 0 Å². The summed E-state index contributed by atoms with van der Waals surface area (Å²) >= 11 is 0. The minimum atomic E-state index is -5.39. The van der Waals surface area contributed by atoms with E-state index < -0.39 is 15.6 Å². The van der Waals surface area contributed by atoms with Crippen LogP contribution in [0.5, 0.6) is 0 Å². The van der Waals surface area contributed by atoms with Gasteiger partial charge < -0.3 is 44.6 Å². The van der Waals surface area contributed by atoms with Crippen molar-refractivity contribution in [3.05, 3.63) is 0 Å². The Labute approximate surface area is 101 Å². The lowest BCUT2D eigenvalue weighted by atomic mass is 10.2. The third-order valence-electron chi connectivity index (χ3n) is 0.957. The van der Waals surface area contributed by atoms with Crippen molar-refractivity contribution >= 4 is 15.6 Å². The Morgan fingerprint density at radius 3 is 0.882 bits per heavy atom. The molecule has 0 aromatic carbocycles. The summed E-state index contributed by atoms with van der Waals surface area (Å²) in [5, 5.41) is 0. The van der Waals surface area contributed by atoms with Crippen molar-refractivity contribution < 1.29 is 38.5 Å². The molecule has 110 valence electrons. The van der Waals surface area contributed by atoms with Crippen molar-refractivity contribution in [2.24, 2.45) is 0 Å². The average molecular weight is 293 g/mol. The van der Waals surface area contributed by atoms with Crippen LogP contribution in [0.25, 0.3) is 0 Å². The third-order valence-corrected chi connectivity index (χ3v) is 0.957. The van der Waals surface area contributed by atoms with Gasteiger partial charge in [-0.25, -0.2) is 0 Å². The quantitative estimate of drug-likeness (QED) is 0.417. The van der Waals surface area contributed by atoms with Gasteiger partial charge in [-0.05, 0) is 0 Å². The number of hydrogen-bond acceptors (Lipinski definition) is 9. The summed E-state index contributed by atoms with van der Waals surface area (Å²) in [7, 11) is -10.8. The molecule has 17 heavy (non-hydrogen) atoms. The Kier molecular flexibility index (Phi) is 21.7. The van der Waals surface area contributed by atoms with E-state index in [4.69, 9.17) is 38.5 Å². The average Bonchev–Trinajstić information content (AvgIpc) is 1.94. The van der Waals surface area contributed by atoms with Crippen molar-refractivity contribution in [2.45, 2.75) is 39.5 Å². The van der Waals surface area contributed by atoms with Gasteiger partial charge in [0.25, 0.3) is 0 Å². The zero-order valence-corrected chi connectivity index (χ0v) is 11.5. The van der Waals surface area contributed by atoms with Gasteiger partial charge in [-0.1, -0.05) is 39.5 Å². The van der Waals surface area contributed by atoms with Crippen LogP contribution in [0.15, 0.2) is 0 Å². The van der Waals surface area contributed by atoms with Crippen LogP contribution in [0.2, 0.25) is 0 Å². The number of phosphoric acid groups is 2. The van der Waals surface area contributed by atoms with Crippen molar-refractivity contribution in [1.82, 2.24) is 6.15 Å². The van der Waals surface area contributed by atoms with Crippen molar-refractivity contribution in [3.8, 4) is 0 Å². The minimum Gasteiger partial charge on any atom is -0.822 e. The van der Waals surface area contributed by atoms with E-state index in [1.54, 1.807) is 0 Å². The van der Waals surface area contributed by atoms with Gasteiger partial charge in [0.2, 0.25) is 0 Å². The van der Waals surface area contributed by atoms with Crippen LogP contribution in [0.3, 0.4) is 0 Å². The van der Waals surface area contributed by atoms with E-state index >= 15 is 0 Å². The molecular formula is C6H17NO8P2-6. The highest BCUT2D eigenvalue weighted by atomic mass is 31.2. The molecule has 0 unspecified atom stereocenters. The van der Waals surface area contributed by atoms with Gasteiger partial charge in [0.05, 0.1) is 0 Å². The second kappa shape index (κ2) is 14.2. The Morgan fingerprint density at radius 1 is 0.706 bits per heavy atom. The molecule has 11 heteroatoms. The summed E-state index contributed by atoms with van der Waals surface area (Å²) in [5.41, 5.74) is 0. The molecule has 0 bridgehead atoms. The number of unbranched alkanes of at least 4 members (excludes halogenated alkanes) is 3. The normalized spacial score (nSPS) is 10.1. The highest BCUT2D eigenvalue weighted by molar-refractivity contribution is 7.40. The maximum Gasteiger partial charge on any atom is -0.0536 e. The summed E-state index contributed by atoms with van der Waals surface area (Å²) in [6, 6.07) is 0. The molecule has 0 saturated carbocycles. The maximum absolute atomic E-state index is 8.55. The Hall–Kier alpha value is 0.180. The van der Waals surface area contributed by atoms with E-state index in [0.717, 1.165) is 0 Å². The van der Waals surface area contributed by atoms with Crippen LogP contribution in [0, 0.1) is 0 Å². The van der Waals surface area contributed by atoms with E-state index in [0.29, 0.717) is 0 Å². The summed E-state index contributed by atoms with van der Waals surface area (Å²) in [5.74, 6) is 0. The highest BCUT2D eigenvalue weighted by Crippen LogP contribution is 2.03. The zero-order valence-electron chi connectivity index (χ0n) is 9.70. The molecule has 0 aromatic heterocycles. The lowest BCUT2D eigenvalue weighted by Gasteiger charge is -2.36. The predicted molar refractivity (Wildman–Crippen MR) is 50.1 cm³/mol. The van der Waals surface area contributed by atoms with Gasteiger partial charge in [-0.3, -0.25) is 0 Å². The highest BCUT2D eigenvalue weighted by Gasteiger charge is 1.75. The Bertz CT molecular complexity index is 184. The predicted octanol–water partition coefficient (Wildman–Crippen LogP) is -2.90. The van der Waals surface area contributed by atoms with Gasteiger partial charge in [0.15, 0.2) is 0 Å². The molecule has 0 spiro atoms. The smallest absolute Gasteiger partial charge is 0.0536 e. The molecule has 9 nitrogen and oxygen atoms in total. The largest absolute Gasteiger partial charge is 0.822 e. The molecule has 0 fully saturated rings. The maximum atomic E-state index is 8.55. The van der Waals surface area contributed by atoms with Crippen molar-refractivity contribution in [2.75, 3.05) is 0 Å². The van der Waals surface area contributed by atoms with Gasteiger partial charge in [-0.2, -0.15) is 15.6 Å². The minimum absolute atomic E-state index is 0. The molecule has 0 amide bonds. The van der Waals surface area contributed by atoms with E-state index in [1.165, 1.54) is 25.7 Å². The fourth-order valence-electron chi connectivity index (χ4n) is 0.500. The van der Waals surface area contributed by atoms with Crippen LogP contribution >= 0.6 is 15.6 Å². The fraction of sp³-hybridized carbons (Fsp3) is 1.00. The first-order valence-corrected chi connectivity index (χ1v) is 7.30. The summed E-state index contributed by atoms with van der Waals surface area (Å²) in [6.07, 6.45) is 5.54. The fourth-order valence-corrected chi connectivity index (χ4v) is 0.500. The lowest BCUT2D eigenvalue weighted by Crippen LogP contribution is -2.24. The van der Waals surface area contributed by atoms with Gasteiger partial charge in [0, 0.05) is 0 Å². The van der Waals surface area contributed by atoms with Gasteiger partial charge in [-0.15, -0.1) is 0 Å². The molecule has 3 N–H and O–H groups in total. The van der Waals surface area contributed by atoms with E-state index in [-0.39, 0.29) is 6.15 Å². The first kappa shape index (κ1) is 25.9. The lowest BCUT2D eigenvalue weighted by molar-refractivity contribution is -0.434. The van der Waals surface area contributed by atoms with E-state index in [9.17, 15) is 0 Å². The standard InChI is InChI=1S/C6H14.H3N.2H3O4P/c1-3-5-6-4-2;;2*1-5(2,3)4/h3-6H2,1-2H3;1H3;2*(H3,1,2,3,4)/p-6. The second-order valence-electron chi connectivity index (χ2n) is 2.60. The molecule has 0 saturated heterocycles. The Balaban J connectivity index is -0.0000000729. The van der Waals surface area contributed by atoms with E-state index in [1.807, 2.05) is 0 Å². The monoisotopic (exact) mass is 293 g/mol. The van der Waals surface area contributed by atoms with Crippen LogP contribution in [0.1, 0.15) is 39.5 Å². The second-order valence-corrected chi connectivity index (χ2v) is 4.39. The summed E-state index contributed by atoms with van der Waals surface area (Å²) < 4.78 is 17.1. The van der Waals surface area contributed by atoms with Crippen LogP contribution in [0.4, 0.5) is 0 Å². The van der Waals surface area contributed by atoms with Gasteiger partial charge in [0.1, 0.15) is 0 Å². The first-order valence-electron chi connectivity index (χ1n) is 4.37. The van der Waals surface area contributed by atoms with Crippen molar-refractivity contribution in [3.63, 3.8) is 0 Å². The van der Waals surface area contributed by atoms with E-state index in [2.05, 4.69) is 13.8 Å². The molecule has 0 aromatic rings. The molecule has 0 aliphatic rings. The summed E-state index contributed by atoms with van der Waals surface area (Å²) in [6.45, 7) is 4.46. The SMILES string of the molecule is CCCCCC.N.O=P([O-])([O-])[O-].O=P([O-])([O-])[O-]. The van der Waals surface area contributed by atoms with Crippen LogP contribution < -0.4 is 35.5 Å². The first-order chi connectivity index (χ1) is 6.91. The molecule has 0 heterocycles. The molecule has 0 radical (unpaired) electrons. The topological polar surface area (TPSA) is 208 Å². The summed E-state index contributed by atoms with van der Waals surface area (Å²) in [4.78, 5) is 51.3. The Morgan fingerprint density at radius 2 is 0.824 bits per heavy atom. The van der Waals surface area contributed by atoms with Crippen LogP contribution in [-0.2, 0) is 9.13 Å². The molecular weight excluding hydrogens is 276 g/mol. The van der Waals surface area contributed by atoms with Crippen LogP contribution in [-0.4, -0.2) is 0 Å². The number of rotatable bonds is 3.